The summed E-state index contributed by atoms with van der Waals surface area (Å²) in [6.07, 6.45) is 10.1. The summed E-state index contributed by atoms with van der Waals surface area (Å²) in [6, 6.07) is 0.598. The van der Waals surface area contributed by atoms with Gasteiger partial charge in [0, 0.05) is 19.0 Å². The molecule has 5 aliphatic rings. The Hall–Kier alpha value is -0.570. The lowest BCUT2D eigenvalue weighted by Gasteiger charge is -2.39. The lowest BCUT2D eigenvalue weighted by Crippen LogP contribution is -2.42. The highest BCUT2D eigenvalue weighted by molar-refractivity contribution is 5.76. The van der Waals surface area contributed by atoms with Crippen LogP contribution in [0.1, 0.15) is 51.4 Å². The predicted molar refractivity (Wildman–Crippen MR) is 79.3 cm³/mol. The summed E-state index contributed by atoms with van der Waals surface area (Å²) in [4.78, 5) is 15.0. The molecule has 3 unspecified atom stereocenters. The molecule has 3 saturated heterocycles. The van der Waals surface area contributed by atoms with Crippen molar-refractivity contribution in [3.63, 3.8) is 0 Å². The number of fused-ring (bicyclic) bond motifs is 1. The topological polar surface area (TPSA) is 32.3 Å². The summed E-state index contributed by atoms with van der Waals surface area (Å²) >= 11 is 0. The maximum atomic E-state index is 12.7. The molecule has 112 valence electrons. The number of carbonyl (C=O) groups is 1. The number of carbonyl (C=O) groups excluding carboxylic acids is 1. The minimum absolute atomic E-state index is 0.468. The van der Waals surface area contributed by atoms with Crippen LogP contribution in [0.2, 0.25) is 0 Å². The molecule has 1 N–H and O–H groups in total. The number of amides is 1. The van der Waals surface area contributed by atoms with Gasteiger partial charge in [0.15, 0.2) is 0 Å². The van der Waals surface area contributed by atoms with Gasteiger partial charge in [0.2, 0.25) is 5.91 Å². The normalized spacial score (nSPS) is 43.0. The second-order valence-electron chi connectivity index (χ2n) is 7.87. The molecular weight excluding hydrogens is 248 g/mol. The van der Waals surface area contributed by atoms with Crippen LogP contribution in [0.4, 0.5) is 0 Å². The molecule has 3 aliphatic heterocycles. The van der Waals surface area contributed by atoms with Crippen molar-refractivity contribution in [1.82, 2.24) is 10.2 Å². The summed E-state index contributed by atoms with van der Waals surface area (Å²) in [6.45, 7) is 3.36. The maximum absolute atomic E-state index is 12.7. The van der Waals surface area contributed by atoms with Gasteiger partial charge in [-0.2, -0.15) is 0 Å². The molecule has 0 aromatic heterocycles. The SMILES string of the molecule is O=C(CCC1CCNC1)N1CC2CC3CC(C2)CC1C3. The van der Waals surface area contributed by atoms with E-state index in [1.54, 1.807) is 0 Å². The van der Waals surface area contributed by atoms with E-state index in [1.807, 2.05) is 0 Å². The van der Waals surface area contributed by atoms with Gasteiger partial charge >= 0.3 is 0 Å². The fourth-order valence-electron chi connectivity index (χ4n) is 5.52. The van der Waals surface area contributed by atoms with E-state index in [-0.39, 0.29) is 0 Å². The molecule has 0 spiro atoms. The second kappa shape index (κ2) is 5.32. The monoisotopic (exact) mass is 276 g/mol. The molecule has 0 radical (unpaired) electrons. The number of hydrogen-bond acceptors (Lipinski definition) is 2. The summed E-state index contributed by atoms with van der Waals surface area (Å²) in [7, 11) is 0. The second-order valence-corrected chi connectivity index (χ2v) is 7.87. The minimum atomic E-state index is 0.468. The molecule has 3 heterocycles. The molecule has 2 saturated carbocycles. The van der Waals surface area contributed by atoms with Crippen LogP contribution in [-0.4, -0.2) is 36.5 Å². The Kier molecular flexibility index (Phi) is 3.49. The average Bonchev–Trinajstić information content (AvgIpc) is 2.87. The van der Waals surface area contributed by atoms with E-state index >= 15 is 0 Å². The summed E-state index contributed by atoms with van der Waals surface area (Å²) in [5, 5.41) is 3.41. The zero-order valence-electron chi connectivity index (χ0n) is 12.5. The van der Waals surface area contributed by atoms with Crippen molar-refractivity contribution >= 4 is 5.91 Å². The van der Waals surface area contributed by atoms with Crippen molar-refractivity contribution in [2.24, 2.45) is 23.7 Å². The Labute approximate surface area is 122 Å². The molecule has 0 aromatic rings. The van der Waals surface area contributed by atoms with E-state index in [0.29, 0.717) is 11.9 Å². The lowest BCUT2D eigenvalue weighted by molar-refractivity contribution is -0.134. The van der Waals surface area contributed by atoms with Gasteiger partial charge in [-0.1, -0.05) is 0 Å². The number of rotatable bonds is 3. The Morgan fingerprint density at radius 2 is 1.80 bits per heavy atom. The van der Waals surface area contributed by atoms with Crippen LogP contribution in [0.25, 0.3) is 0 Å². The van der Waals surface area contributed by atoms with E-state index in [4.69, 9.17) is 0 Å². The zero-order valence-corrected chi connectivity index (χ0v) is 12.5. The molecule has 2 aliphatic carbocycles. The van der Waals surface area contributed by atoms with Crippen molar-refractivity contribution in [2.45, 2.75) is 57.4 Å². The lowest BCUT2D eigenvalue weighted by atomic mass is 9.68. The molecule has 3 nitrogen and oxygen atoms in total. The van der Waals surface area contributed by atoms with Gasteiger partial charge < -0.3 is 10.2 Å². The van der Waals surface area contributed by atoms with Gasteiger partial charge in [0.1, 0.15) is 0 Å². The van der Waals surface area contributed by atoms with Gasteiger partial charge in [-0.3, -0.25) is 4.79 Å². The van der Waals surface area contributed by atoms with E-state index in [0.717, 1.165) is 56.1 Å². The predicted octanol–water partition coefficient (Wildman–Crippen LogP) is 2.41. The van der Waals surface area contributed by atoms with Crippen LogP contribution in [0, 0.1) is 23.7 Å². The first kappa shape index (κ1) is 13.1. The Balaban J connectivity index is 1.38. The van der Waals surface area contributed by atoms with Crippen molar-refractivity contribution in [3.8, 4) is 0 Å². The van der Waals surface area contributed by atoms with Crippen LogP contribution in [-0.2, 0) is 4.79 Å². The van der Waals surface area contributed by atoms with Gasteiger partial charge in [0.25, 0.3) is 0 Å². The van der Waals surface area contributed by atoms with Gasteiger partial charge in [-0.25, -0.2) is 0 Å². The first-order valence-corrected chi connectivity index (χ1v) is 8.78. The molecule has 0 aromatic carbocycles. The highest BCUT2D eigenvalue weighted by atomic mass is 16.2. The Morgan fingerprint density at radius 3 is 2.50 bits per heavy atom. The van der Waals surface area contributed by atoms with Gasteiger partial charge in [-0.05, 0) is 81.7 Å². The van der Waals surface area contributed by atoms with E-state index < -0.39 is 0 Å². The molecule has 1 amide bonds. The van der Waals surface area contributed by atoms with Gasteiger partial charge in [0.05, 0.1) is 0 Å². The quantitative estimate of drug-likeness (QED) is 0.858. The van der Waals surface area contributed by atoms with Crippen LogP contribution in [0.5, 0.6) is 0 Å². The molecule has 5 fully saturated rings. The third-order valence-electron chi connectivity index (χ3n) is 6.36. The number of nitrogens with zero attached hydrogens (tertiary/aromatic N) is 1. The first-order valence-electron chi connectivity index (χ1n) is 8.78. The molecule has 3 heteroatoms. The van der Waals surface area contributed by atoms with Crippen LogP contribution < -0.4 is 5.32 Å². The largest absolute Gasteiger partial charge is 0.339 e. The van der Waals surface area contributed by atoms with Gasteiger partial charge in [-0.15, -0.1) is 0 Å². The highest BCUT2D eigenvalue weighted by Gasteiger charge is 2.43. The summed E-state index contributed by atoms with van der Waals surface area (Å²) < 4.78 is 0. The molecular formula is C17H28N2O. The fourth-order valence-corrected chi connectivity index (χ4v) is 5.52. The third-order valence-corrected chi connectivity index (χ3v) is 6.36. The molecule has 4 bridgehead atoms. The van der Waals surface area contributed by atoms with Crippen LogP contribution in [0.3, 0.4) is 0 Å². The molecule has 3 atom stereocenters. The molecule has 5 rings (SSSR count). The maximum Gasteiger partial charge on any atom is 0.222 e. The van der Waals surface area contributed by atoms with E-state index in [9.17, 15) is 4.79 Å². The standard InChI is InChI=1S/C17H28N2O/c20-17(2-1-12-3-4-18-10-12)19-11-15-6-13-5-14(7-15)9-16(19)8-13/h12-16,18H,1-11H2. The minimum Gasteiger partial charge on any atom is -0.339 e. The Morgan fingerprint density at radius 1 is 1.05 bits per heavy atom. The highest BCUT2D eigenvalue weighted by Crippen LogP contribution is 2.47. The number of nitrogens with one attached hydrogen (secondary N) is 1. The van der Waals surface area contributed by atoms with E-state index in [1.165, 1.54) is 38.5 Å². The Bertz CT molecular complexity index is 363. The van der Waals surface area contributed by atoms with Crippen molar-refractivity contribution in [3.05, 3.63) is 0 Å². The van der Waals surface area contributed by atoms with Crippen LogP contribution in [0.15, 0.2) is 0 Å². The van der Waals surface area contributed by atoms with E-state index in [2.05, 4.69) is 10.2 Å². The van der Waals surface area contributed by atoms with Crippen molar-refractivity contribution in [1.29, 1.82) is 0 Å². The van der Waals surface area contributed by atoms with Crippen molar-refractivity contribution in [2.75, 3.05) is 19.6 Å². The van der Waals surface area contributed by atoms with Crippen molar-refractivity contribution < 1.29 is 4.79 Å². The zero-order chi connectivity index (χ0) is 13.5. The number of hydrogen-bond donors (Lipinski definition) is 1. The fraction of sp³-hybridized carbons (Fsp3) is 0.941. The molecule has 20 heavy (non-hydrogen) atoms. The summed E-state index contributed by atoms with van der Waals surface area (Å²) in [5.74, 6) is 3.92. The smallest absolute Gasteiger partial charge is 0.222 e. The van der Waals surface area contributed by atoms with Crippen LogP contribution >= 0.6 is 0 Å². The first-order chi connectivity index (χ1) is 9.78. The average molecular weight is 276 g/mol. The summed E-state index contributed by atoms with van der Waals surface area (Å²) in [5.41, 5.74) is 0. The third kappa shape index (κ3) is 2.49.